The quantitative estimate of drug-likeness (QED) is 0.726. The maximum absolute atomic E-state index is 4.57. The molecule has 3 rings (SSSR count). The van der Waals surface area contributed by atoms with Crippen molar-refractivity contribution in [3.05, 3.63) is 70.5 Å². The van der Waals surface area contributed by atoms with Crippen LogP contribution < -0.4 is 5.32 Å². The Hall–Kier alpha value is -2.07. The minimum absolute atomic E-state index is 0.814. The number of nitrogens with one attached hydrogen (secondary N) is 1. The zero-order chi connectivity index (χ0) is 14.8. The van der Waals surface area contributed by atoms with E-state index in [4.69, 9.17) is 0 Å². The molecular formula is C17H16BrN3. The van der Waals surface area contributed by atoms with Gasteiger partial charge >= 0.3 is 0 Å². The molecule has 0 saturated heterocycles. The molecule has 21 heavy (non-hydrogen) atoms. The van der Waals surface area contributed by atoms with Crippen molar-refractivity contribution in [1.29, 1.82) is 0 Å². The lowest BCUT2D eigenvalue weighted by Crippen LogP contribution is -2.01. The summed E-state index contributed by atoms with van der Waals surface area (Å²) in [4.78, 5) is 4.57. The van der Waals surface area contributed by atoms with E-state index in [2.05, 4.69) is 68.1 Å². The van der Waals surface area contributed by atoms with E-state index >= 15 is 0 Å². The molecule has 0 unspecified atom stereocenters. The number of rotatable bonds is 3. The van der Waals surface area contributed by atoms with Crippen molar-refractivity contribution >= 4 is 27.6 Å². The molecule has 3 nitrogen and oxygen atoms in total. The van der Waals surface area contributed by atoms with Gasteiger partial charge in [0.05, 0.1) is 5.69 Å². The molecule has 0 aliphatic heterocycles. The second kappa shape index (κ2) is 5.74. The summed E-state index contributed by atoms with van der Waals surface area (Å²) in [6.07, 6.45) is 2.03. The molecule has 0 radical (unpaired) electrons. The minimum atomic E-state index is 0.814. The van der Waals surface area contributed by atoms with Crippen molar-refractivity contribution in [3.8, 4) is 5.69 Å². The summed E-state index contributed by atoms with van der Waals surface area (Å²) in [7, 11) is 0. The predicted molar refractivity (Wildman–Crippen MR) is 90.5 cm³/mol. The molecule has 1 N–H and O–H groups in total. The van der Waals surface area contributed by atoms with Gasteiger partial charge in [-0.05, 0) is 43.7 Å². The van der Waals surface area contributed by atoms with Crippen LogP contribution in [0.25, 0.3) is 5.69 Å². The van der Waals surface area contributed by atoms with Crippen molar-refractivity contribution in [2.75, 3.05) is 5.32 Å². The van der Waals surface area contributed by atoms with Gasteiger partial charge in [0.2, 0.25) is 5.95 Å². The molecule has 1 heterocycles. The van der Waals surface area contributed by atoms with Crippen LogP contribution in [-0.2, 0) is 0 Å². The first-order valence-electron chi connectivity index (χ1n) is 6.78. The largest absolute Gasteiger partial charge is 0.325 e. The fourth-order valence-electron chi connectivity index (χ4n) is 2.17. The summed E-state index contributed by atoms with van der Waals surface area (Å²) in [5.74, 6) is 0.814. The Bertz CT molecular complexity index is 763. The lowest BCUT2D eigenvalue weighted by molar-refractivity contribution is 1.06. The van der Waals surface area contributed by atoms with Crippen LogP contribution in [0, 0.1) is 13.8 Å². The standard InChI is InChI=1S/C17H16BrN3/c1-12-8-9-14(10-16(12)18)20-17-19-13(2)11-21(17)15-6-4-3-5-7-15/h3-11H,1-2H3,(H,19,20). The summed E-state index contributed by atoms with van der Waals surface area (Å²) in [6.45, 7) is 4.07. The van der Waals surface area contributed by atoms with Crippen LogP contribution >= 0.6 is 15.9 Å². The van der Waals surface area contributed by atoms with Gasteiger partial charge in [0, 0.05) is 22.0 Å². The molecule has 0 fully saturated rings. The van der Waals surface area contributed by atoms with E-state index in [9.17, 15) is 0 Å². The molecule has 0 saturated carbocycles. The van der Waals surface area contributed by atoms with Gasteiger partial charge in [0.1, 0.15) is 0 Å². The van der Waals surface area contributed by atoms with Crippen molar-refractivity contribution < 1.29 is 0 Å². The van der Waals surface area contributed by atoms with Gasteiger partial charge < -0.3 is 5.32 Å². The highest BCUT2D eigenvalue weighted by Crippen LogP contribution is 2.25. The molecule has 106 valence electrons. The number of benzene rings is 2. The highest BCUT2D eigenvalue weighted by Gasteiger charge is 2.08. The molecule has 0 amide bonds. The third-order valence-corrected chi connectivity index (χ3v) is 4.14. The van der Waals surface area contributed by atoms with Crippen molar-refractivity contribution in [2.24, 2.45) is 0 Å². The summed E-state index contributed by atoms with van der Waals surface area (Å²) in [5.41, 5.74) is 4.29. The van der Waals surface area contributed by atoms with E-state index in [1.165, 1.54) is 5.56 Å². The number of aryl methyl sites for hydroxylation is 2. The minimum Gasteiger partial charge on any atom is -0.325 e. The zero-order valence-electron chi connectivity index (χ0n) is 12.0. The SMILES string of the molecule is Cc1cn(-c2ccccc2)c(Nc2ccc(C)c(Br)c2)n1. The average Bonchev–Trinajstić information content (AvgIpc) is 2.85. The van der Waals surface area contributed by atoms with Gasteiger partial charge in [-0.2, -0.15) is 0 Å². The van der Waals surface area contributed by atoms with Crippen molar-refractivity contribution in [3.63, 3.8) is 0 Å². The second-order valence-electron chi connectivity index (χ2n) is 5.00. The highest BCUT2D eigenvalue weighted by atomic mass is 79.9. The van der Waals surface area contributed by atoms with E-state index < -0.39 is 0 Å². The van der Waals surface area contributed by atoms with Crippen LogP contribution in [0.5, 0.6) is 0 Å². The maximum atomic E-state index is 4.57. The fourth-order valence-corrected chi connectivity index (χ4v) is 2.55. The van der Waals surface area contributed by atoms with Gasteiger partial charge in [0.25, 0.3) is 0 Å². The fraction of sp³-hybridized carbons (Fsp3) is 0.118. The molecule has 3 aromatic rings. The Morgan fingerprint density at radius 2 is 1.81 bits per heavy atom. The van der Waals surface area contributed by atoms with Crippen LogP contribution in [0.2, 0.25) is 0 Å². The number of aromatic nitrogens is 2. The Morgan fingerprint density at radius 1 is 1.05 bits per heavy atom. The van der Waals surface area contributed by atoms with Gasteiger partial charge in [-0.1, -0.05) is 40.2 Å². The van der Waals surface area contributed by atoms with Gasteiger partial charge in [-0.3, -0.25) is 4.57 Å². The zero-order valence-corrected chi connectivity index (χ0v) is 13.6. The normalized spacial score (nSPS) is 10.6. The summed E-state index contributed by atoms with van der Waals surface area (Å²) in [5, 5.41) is 3.38. The summed E-state index contributed by atoms with van der Waals surface area (Å²) >= 11 is 3.56. The second-order valence-corrected chi connectivity index (χ2v) is 5.85. The first kappa shape index (κ1) is 13.9. The van der Waals surface area contributed by atoms with E-state index in [0.29, 0.717) is 0 Å². The first-order chi connectivity index (χ1) is 10.1. The predicted octanol–water partition coefficient (Wildman–Crippen LogP) is 5.00. The van der Waals surface area contributed by atoms with Crippen molar-refractivity contribution in [2.45, 2.75) is 13.8 Å². The Labute approximate surface area is 132 Å². The van der Waals surface area contributed by atoms with Crippen LogP contribution in [0.3, 0.4) is 0 Å². The smallest absolute Gasteiger partial charge is 0.212 e. The average molecular weight is 342 g/mol. The number of imidazole rings is 1. The topological polar surface area (TPSA) is 29.9 Å². The van der Waals surface area contributed by atoms with Gasteiger partial charge in [-0.15, -0.1) is 0 Å². The number of anilines is 2. The molecule has 0 aliphatic rings. The van der Waals surface area contributed by atoms with Crippen LogP contribution in [0.15, 0.2) is 59.2 Å². The van der Waals surface area contributed by atoms with Crippen LogP contribution in [-0.4, -0.2) is 9.55 Å². The van der Waals surface area contributed by atoms with Crippen LogP contribution in [0.4, 0.5) is 11.6 Å². The summed E-state index contributed by atoms with van der Waals surface area (Å²) in [6, 6.07) is 16.4. The van der Waals surface area contributed by atoms with Gasteiger partial charge in [0.15, 0.2) is 0 Å². The van der Waals surface area contributed by atoms with E-state index in [-0.39, 0.29) is 0 Å². The van der Waals surface area contributed by atoms with Crippen LogP contribution in [0.1, 0.15) is 11.3 Å². The number of halogens is 1. The number of hydrogen-bond acceptors (Lipinski definition) is 2. The number of hydrogen-bond donors (Lipinski definition) is 1. The van der Waals surface area contributed by atoms with E-state index in [1.807, 2.05) is 31.3 Å². The van der Waals surface area contributed by atoms with Crippen molar-refractivity contribution in [1.82, 2.24) is 9.55 Å². The summed E-state index contributed by atoms with van der Waals surface area (Å²) < 4.78 is 3.14. The molecule has 4 heteroatoms. The Morgan fingerprint density at radius 3 is 2.52 bits per heavy atom. The lowest BCUT2D eigenvalue weighted by atomic mass is 10.2. The Kier molecular flexibility index (Phi) is 3.80. The van der Waals surface area contributed by atoms with E-state index in [0.717, 1.165) is 27.5 Å². The molecule has 0 atom stereocenters. The molecule has 0 aliphatic carbocycles. The third-order valence-electron chi connectivity index (χ3n) is 3.29. The monoisotopic (exact) mass is 341 g/mol. The van der Waals surface area contributed by atoms with E-state index in [1.54, 1.807) is 0 Å². The molecular weight excluding hydrogens is 326 g/mol. The van der Waals surface area contributed by atoms with Gasteiger partial charge in [-0.25, -0.2) is 4.98 Å². The third kappa shape index (κ3) is 3.00. The Balaban J connectivity index is 1.97. The molecule has 1 aromatic heterocycles. The lowest BCUT2D eigenvalue weighted by Gasteiger charge is -2.10. The first-order valence-corrected chi connectivity index (χ1v) is 7.57. The number of para-hydroxylation sites is 1. The molecule has 0 spiro atoms. The maximum Gasteiger partial charge on any atom is 0.212 e. The molecule has 0 bridgehead atoms. The highest BCUT2D eigenvalue weighted by molar-refractivity contribution is 9.10. The number of nitrogens with zero attached hydrogens (tertiary/aromatic N) is 2. The molecule has 2 aromatic carbocycles.